The van der Waals surface area contributed by atoms with Crippen LogP contribution >= 0.6 is 0 Å². The van der Waals surface area contributed by atoms with E-state index in [1.165, 1.54) is 6.92 Å². The number of hydrogen-bond donors (Lipinski definition) is 0. The maximum atomic E-state index is 11.3. The van der Waals surface area contributed by atoms with Crippen LogP contribution < -0.4 is 0 Å². The van der Waals surface area contributed by atoms with Gasteiger partial charge < -0.3 is 14.8 Å². The highest BCUT2D eigenvalue weighted by molar-refractivity contribution is 5.65. The van der Waals surface area contributed by atoms with Gasteiger partial charge in [-0.15, -0.1) is 0 Å². The van der Waals surface area contributed by atoms with Gasteiger partial charge >= 0.3 is 5.97 Å². The molecule has 0 unspecified atom stereocenters. The lowest BCUT2D eigenvalue weighted by molar-refractivity contribution is -0.478. The summed E-state index contributed by atoms with van der Waals surface area (Å²) in [6.45, 7) is 1.41. The molecule has 0 saturated carbocycles. The molecule has 1 rings (SSSR count). The summed E-state index contributed by atoms with van der Waals surface area (Å²) in [5.41, 5.74) is 0.370. The van der Waals surface area contributed by atoms with E-state index < -0.39 is 5.97 Å². The highest BCUT2D eigenvalue weighted by Gasteiger charge is 2.01. The summed E-state index contributed by atoms with van der Waals surface area (Å²) in [6.07, 6.45) is 0. The molecule has 1 aromatic carbocycles. The van der Waals surface area contributed by atoms with Crippen LogP contribution in [0.3, 0.4) is 0 Å². The van der Waals surface area contributed by atoms with Crippen molar-refractivity contribution in [2.75, 3.05) is 13.2 Å². The number of esters is 1. The third-order valence-corrected chi connectivity index (χ3v) is 1.59. The second-order valence-electron chi connectivity index (χ2n) is 2.86. The second-order valence-corrected chi connectivity index (χ2v) is 2.86. The van der Waals surface area contributed by atoms with Crippen LogP contribution in [0.4, 0.5) is 5.69 Å². The summed E-state index contributed by atoms with van der Waals surface area (Å²) in [4.78, 5) is 15.4. The molecule has 6 nitrogen and oxygen atoms in total. The topological polar surface area (TPSA) is 74.0 Å². The maximum Gasteiger partial charge on any atom is 0.302 e. The van der Waals surface area contributed by atoms with Gasteiger partial charge in [0.15, 0.2) is 6.61 Å². The highest BCUT2D eigenvalue weighted by Crippen LogP contribution is 2.09. The van der Waals surface area contributed by atoms with E-state index in [9.17, 15) is 10.0 Å². The van der Waals surface area contributed by atoms with E-state index in [2.05, 4.69) is 14.9 Å². The van der Waals surface area contributed by atoms with Gasteiger partial charge in [-0.3, -0.25) is 4.79 Å². The van der Waals surface area contributed by atoms with Crippen molar-refractivity contribution in [3.8, 4) is 0 Å². The molecule has 0 heterocycles. The monoisotopic (exact) mass is 224 g/mol. The van der Waals surface area contributed by atoms with Crippen LogP contribution in [0.1, 0.15) is 6.92 Å². The van der Waals surface area contributed by atoms with Gasteiger partial charge in [0.1, 0.15) is 6.61 Å². The largest absolute Gasteiger partial charge is 0.592 e. The fourth-order valence-electron chi connectivity index (χ4n) is 0.919. The van der Waals surface area contributed by atoms with Crippen LogP contribution in [0.25, 0.3) is 0 Å². The van der Waals surface area contributed by atoms with Crippen molar-refractivity contribution in [2.24, 2.45) is 5.28 Å². The Morgan fingerprint density at radius 2 is 2.06 bits per heavy atom. The Hall–Kier alpha value is -2.11. The van der Waals surface area contributed by atoms with Crippen molar-refractivity contribution in [1.82, 2.24) is 0 Å². The van der Waals surface area contributed by atoms with E-state index in [1.54, 1.807) is 30.3 Å². The number of ether oxygens (including phenoxy) is 1. The van der Waals surface area contributed by atoms with Crippen molar-refractivity contribution in [2.45, 2.75) is 6.92 Å². The van der Waals surface area contributed by atoms with Crippen LogP contribution in [0.5, 0.6) is 0 Å². The normalized spacial score (nSPS) is 10.9. The Labute approximate surface area is 92.6 Å². The van der Waals surface area contributed by atoms with E-state index in [4.69, 9.17) is 0 Å². The number of hydrogen-bond acceptors (Lipinski definition) is 5. The Morgan fingerprint density at radius 1 is 1.38 bits per heavy atom. The molecule has 0 amide bonds. The molecule has 0 bridgehead atoms. The number of rotatable bonds is 5. The molecule has 0 aliphatic heterocycles. The minimum Gasteiger partial charge on any atom is -0.592 e. The van der Waals surface area contributed by atoms with Crippen molar-refractivity contribution >= 4 is 11.7 Å². The van der Waals surface area contributed by atoms with Gasteiger partial charge in [0.05, 0.1) is 0 Å². The van der Waals surface area contributed by atoms with E-state index in [0.29, 0.717) is 10.5 Å². The first-order valence-corrected chi connectivity index (χ1v) is 4.69. The van der Waals surface area contributed by atoms with E-state index >= 15 is 0 Å². The Morgan fingerprint density at radius 3 is 2.69 bits per heavy atom. The predicted octanol–water partition coefficient (Wildman–Crippen LogP) is 1.78. The molecule has 6 heteroatoms. The van der Waals surface area contributed by atoms with Crippen LogP contribution in [-0.4, -0.2) is 24.0 Å². The molecule has 0 saturated heterocycles. The van der Waals surface area contributed by atoms with Crippen molar-refractivity contribution < 1.29 is 19.2 Å². The van der Waals surface area contributed by atoms with Crippen LogP contribution in [0.2, 0.25) is 0 Å². The minimum atomic E-state index is -0.398. The summed E-state index contributed by atoms with van der Waals surface area (Å²) in [7, 11) is 0. The van der Waals surface area contributed by atoms with Gasteiger partial charge in [-0.1, -0.05) is 18.2 Å². The summed E-state index contributed by atoms with van der Waals surface area (Å²) >= 11 is 0. The molecule has 0 N–H and O–H groups in total. The van der Waals surface area contributed by atoms with Gasteiger partial charge in [0.2, 0.25) is 11.0 Å². The Kier molecular flexibility index (Phi) is 4.78. The molecule has 0 aromatic heterocycles. The fourth-order valence-corrected chi connectivity index (χ4v) is 0.919. The van der Waals surface area contributed by atoms with Crippen molar-refractivity contribution in [3.05, 3.63) is 35.5 Å². The van der Waals surface area contributed by atoms with Gasteiger partial charge in [-0.25, -0.2) is 0 Å². The zero-order valence-electron chi connectivity index (χ0n) is 8.83. The van der Waals surface area contributed by atoms with Gasteiger partial charge in [-0.05, 0) is 4.86 Å². The first kappa shape index (κ1) is 12.0. The number of benzene rings is 1. The standard InChI is InChI=1S/C10H12N2O4/c1-9(13)15-7-8-16-11-12(14)10-5-3-2-4-6-10/h2-6H,7-8H2,1H3/b12-11-. The number of carbonyl (C=O) groups is 1. The second kappa shape index (κ2) is 6.39. The van der Waals surface area contributed by atoms with Crippen molar-refractivity contribution in [3.63, 3.8) is 0 Å². The molecule has 0 spiro atoms. The zero-order valence-corrected chi connectivity index (χ0v) is 8.83. The molecule has 0 radical (unpaired) electrons. The van der Waals surface area contributed by atoms with E-state index in [1.807, 2.05) is 0 Å². The predicted molar refractivity (Wildman–Crippen MR) is 54.7 cm³/mol. The first-order chi connectivity index (χ1) is 7.70. The fraction of sp³-hybridized carbons (Fsp3) is 0.300. The number of nitrogens with zero attached hydrogens (tertiary/aromatic N) is 2. The van der Waals surface area contributed by atoms with Gasteiger partial charge in [-0.2, -0.15) is 0 Å². The molecule has 16 heavy (non-hydrogen) atoms. The highest BCUT2D eigenvalue weighted by atomic mass is 16.7. The summed E-state index contributed by atoms with van der Waals surface area (Å²) in [6, 6.07) is 8.43. The van der Waals surface area contributed by atoms with E-state index in [-0.39, 0.29) is 13.2 Å². The SMILES string of the molecule is CC(=O)OCCO/N=[N+](\[O-])c1ccccc1. The lowest BCUT2D eigenvalue weighted by Gasteiger charge is -2.00. The quantitative estimate of drug-likeness (QED) is 0.251. The molecule has 86 valence electrons. The zero-order chi connectivity index (χ0) is 11.8. The average molecular weight is 224 g/mol. The molecule has 0 aliphatic rings. The van der Waals surface area contributed by atoms with Gasteiger partial charge in [0.25, 0.3) is 0 Å². The number of carbonyl (C=O) groups excluding carboxylic acids is 1. The Balaban J connectivity index is 2.32. The van der Waals surface area contributed by atoms with Crippen LogP contribution in [0, 0.1) is 5.21 Å². The molecular weight excluding hydrogens is 212 g/mol. The third-order valence-electron chi connectivity index (χ3n) is 1.59. The minimum absolute atomic E-state index is 0.0468. The summed E-state index contributed by atoms with van der Waals surface area (Å²) in [5.74, 6) is -0.398. The van der Waals surface area contributed by atoms with Gasteiger partial charge in [0, 0.05) is 19.1 Å². The van der Waals surface area contributed by atoms with Crippen molar-refractivity contribution in [1.29, 1.82) is 0 Å². The maximum absolute atomic E-state index is 11.3. The first-order valence-electron chi connectivity index (χ1n) is 4.69. The summed E-state index contributed by atoms with van der Waals surface area (Å²) < 4.78 is 4.58. The smallest absolute Gasteiger partial charge is 0.302 e. The molecule has 0 atom stereocenters. The molecule has 0 fully saturated rings. The molecule has 1 aromatic rings. The van der Waals surface area contributed by atoms with Crippen LogP contribution in [0.15, 0.2) is 35.6 Å². The Bertz CT molecular complexity index is 364. The average Bonchev–Trinajstić information content (AvgIpc) is 2.29. The molecular formula is C10H12N2O4. The van der Waals surface area contributed by atoms with Crippen LogP contribution in [-0.2, 0) is 14.4 Å². The lowest BCUT2D eigenvalue weighted by Crippen LogP contribution is -2.06. The van der Waals surface area contributed by atoms with E-state index in [0.717, 1.165) is 0 Å². The molecule has 0 aliphatic carbocycles. The lowest BCUT2D eigenvalue weighted by atomic mass is 10.3. The summed E-state index contributed by atoms with van der Waals surface area (Å²) in [5, 5.41) is 14.5. The number of para-hydroxylation sites is 1. The third kappa shape index (κ3) is 4.41.